The van der Waals surface area contributed by atoms with Crippen molar-refractivity contribution in [2.24, 2.45) is 0 Å². The summed E-state index contributed by atoms with van der Waals surface area (Å²) in [5.74, 6) is -0.134. The number of hydrogen-bond acceptors (Lipinski definition) is 4. The first-order valence-corrected chi connectivity index (χ1v) is 18.0. The van der Waals surface area contributed by atoms with Crippen LogP contribution >= 0.6 is 0 Å². The summed E-state index contributed by atoms with van der Waals surface area (Å²) >= 11 is 0. The number of benzene rings is 6. The van der Waals surface area contributed by atoms with E-state index in [2.05, 4.69) is 24.3 Å². The molecule has 6 aromatic carbocycles. The van der Waals surface area contributed by atoms with Gasteiger partial charge in [0.05, 0.1) is 5.41 Å². The molecule has 55 heavy (non-hydrogen) atoms. The van der Waals surface area contributed by atoms with Gasteiger partial charge in [-0.3, -0.25) is 0 Å². The molecule has 4 nitrogen and oxygen atoms in total. The molecule has 0 unspecified atom stereocenters. The second-order valence-corrected chi connectivity index (χ2v) is 13.7. The lowest BCUT2D eigenvalue weighted by atomic mass is 9.67. The van der Waals surface area contributed by atoms with Gasteiger partial charge >= 0.3 is 12.4 Å². The second kappa shape index (κ2) is 14.4. The molecular formula is C45H38F6N2O2. The minimum Gasteiger partial charge on any atom is -0.456 e. The molecule has 1 aliphatic carbocycles. The molecule has 0 saturated heterocycles. The van der Waals surface area contributed by atoms with Crippen LogP contribution in [0, 0.1) is 0 Å². The van der Waals surface area contributed by atoms with Crippen LogP contribution in [-0.4, -0.2) is 0 Å². The summed E-state index contributed by atoms with van der Waals surface area (Å²) in [5.41, 5.74) is 15.6. The highest BCUT2D eigenvalue weighted by Gasteiger charge is 2.46. The summed E-state index contributed by atoms with van der Waals surface area (Å²) in [6.45, 7) is 3.97. The Kier molecular flexibility index (Phi) is 9.79. The van der Waals surface area contributed by atoms with Crippen LogP contribution in [0.4, 0.5) is 37.7 Å². The van der Waals surface area contributed by atoms with Gasteiger partial charge in [0, 0.05) is 11.4 Å². The smallest absolute Gasteiger partial charge is 0.420 e. The number of rotatable bonds is 10. The third-order valence-electron chi connectivity index (χ3n) is 10.0. The highest BCUT2D eigenvalue weighted by molar-refractivity contribution is 5.86. The first kappa shape index (κ1) is 37.4. The van der Waals surface area contributed by atoms with E-state index in [1.807, 2.05) is 62.4 Å². The van der Waals surface area contributed by atoms with E-state index in [4.69, 9.17) is 20.9 Å². The molecule has 1 aliphatic rings. The number of halogens is 6. The lowest BCUT2D eigenvalue weighted by molar-refractivity contribution is -0.139. The van der Waals surface area contributed by atoms with E-state index in [9.17, 15) is 26.3 Å². The fourth-order valence-electron chi connectivity index (χ4n) is 7.73. The number of alkyl halides is 6. The van der Waals surface area contributed by atoms with Crippen molar-refractivity contribution in [2.45, 2.75) is 57.3 Å². The Bertz CT molecular complexity index is 2220. The number of hydrogen-bond donors (Lipinski definition) is 2. The van der Waals surface area contributed by atoms with Gasteiger partial charge in [-0.05, 0) is 106 Å². The molecule has 0 aromatic heterocycles. The zero-order valence-corrected chi connectivity index (χ0v) is 30.1. The molecule has 0 radical (unpaired) electrons. The SMILES string of the molecule is CCCc1cc(C2(c3ccc(Oc4ccc(N)cc4C(F)(F)F)c(CCC)c3)c3ccccc3-c3ccccc32)ccc1Oc1ccc(N)cc1C(F)(F)F. The summed E-state index contributed by atoms with van der Waals surface area (Å²) < 4.78 is 96.7. The number of ether oxygens (including phenoxy) is 2. The third kappa shape index (κ3) is 6.86. The number of nitrogen functional groups attached to an aromatic ring is 2. The zero-order chi connectivity index (χ0) is 39.1. The van der Waals surface area contributed by atoms with Crippen molar-refractivity contribution >= 4 is 11.4 Å². The molecular weight excluding hydrogens is 714 g/mol. The molecule has 0 amide bonds. The van der Waals surface area contributed by atoms with Gasteiger partial charge in [0.1, 0.15) is 34.1 Å². The van der Waals surface area contributed by atoms with Gasteiger partial charge < -0.3 is 20.9 Å². The highest BCUT2D eigenvalue weighted by Crippen LogP contribution is 2.57. The monoisotopic (exact) mass is 752 g/mol. The quantitative estimate of drug-likeness (QED) is 0.108. The first-order chi connectivity index (χ1) is 26.2. The Morgan fingerprint density at radius 1 is 0.491 bits per heavy atom. The third-order valence-corrected chi connectivity index (χ3v) is 10.0. The van der Waals surface area contributed by atoms with Crippen LogP contribution in [0.5, 0.6) is 23.0 Å². The average Bonchev–Trinajstić information content (AvgIpc) is 3.45. The van der Waals surface area contributed by atoms with Crippen molar-refractivity contribution in [2.75, 3.05) is 11.5 Å². The molecule has 10 heteroatoms. The number of aryl methyl sites for hydroxylation is 2. The second-order valence-electron chi connectivity index (χ2n) is 13.7. The van der Waals surface area contributed by atoms with Gasteiger partial charge in [-0.2, -0.15) is 26.3 Å². The lowest BCUT2D eigenvalue weighted by Crippen LogP contribution is -2.29. The van der Waals surface area contributed by atoms with Crippen molar-refractivity contribution < 1.29 is 35.8 Å². The van der Waals surface area contributed by atoms with Gasteiger partial charge in [0.2, 0.25) is 0 Å². The number of anilines is 2. The van der Waals surface area contributed by atoms with E-state index in [-0.39, 0.29) is 34.4 Å². The fraction of sp³-hybridized carbons (Fsp3) is 0.200. The molecule has 0 atom stereocenters. The predicted octanol–water partition coefficient (Wildman–Crippen LogP) is 12.7. The molecule has 0 aliphatic heterocycles. The molecule has 0 bridgehead atoms. The van der Waals surface area contributed by atoms with Crippen LogP contribution in [-0.2, 0) is 30.6 Å². The summed E-state index contributed by atoms with van der Waals surface area (Å²) in [6.07, 6.45) is -6.99. The average molecular weight is 753 g/mol. The van der Waals surface area contributed by atoms with Crippen molar-refractivity contribution in [3.63, 3.8) is 0 Å². The maximum atomic E-state index is 14.1. The number of fused-ring (bicyclic) bond motifs is 3. The van der Waals surface area contributed by atoms with Gasteiger partial charge in [0.15, 0.2) is 0 Å². The van der Waals surface area contributed by atoms with E-state index in [0.29, 0.717) is 36.8 Å². The lowest BCUT2D eigenvalue weighted by Gasteiger charge is -2.35. The first-order valence-electron chi connectivity index (χ1n) is 18.0. The Morgan fingerprint density at radius 2 is 0.873 bits per heavy atom. The Balaban J connectivity index is 1.43. The van der Waals surface area contributed by atoms with Crippen molar-refractivity contribution in [3.05, 3.63) is 166 Å². The van der Waals surface area contributed by atoms with Gasteiger partial charge in [0.25, 0.3) is 0 Å². The van der Waals surface area contributed by atoms with E-state index in [0.717, 1.165) is 45.5 Å². The number of nitrogens with two attached hydrogens (primary N) is 2. The maximum absolute atomic E-state index is 14.1. The van der Waals surface area contributed by atoms with E-state index in [1.54, 1.807) is 12.1 Å². The summed E-state index contributed by atoms with van der Waals surface area (Å²) in [6, 6.07) is 34.2. The van der Waals surface area contributed by atoms with Gasteiger partial charge in [-0.15, -0.1) is 0 Å². The molecule has 0 spiro atoms. The Labute approximate surface area is 315 Å². The summed E-state index contributed by atoms with van der Waals surface area (Å²) in [7, 11) is 0. The normalized spacial score (nSPS) is 13.3. The maximum Gasteiger partial charge on any atom is 0.420 e. The van der Waals surface area contributed by atoms with E-state index < -0.39 is 28.9 Å². The molecule has 4 N–H and O–H groups in total. The van der Waals surface area contributed by atoms with Crippen molar-refractivity contribution in [3.8, 4) is 34.1 Å². The van der Waals surface area contributed by atoms with Crippen molar-refractivity contribution in [1.29, 1.82) is 0 Å². The van der Waals surface area contributed by atoms with Crippen LogP contribution in [0.25, 0.3) is 11.1 Å². The Hall–Kier alpha value is -5.90. The van der Waals surface area contributed by atoms with Crippen LogP contribution in [0.2, 0.25) is 0 Å². The molecule has 282 valence electrons. The summed E-state index contributed by atoms with van der Waals surface area (Å²) in [5, 5.41) is 0. The minimum absolute atomic E-state index is 0.0302. The Morgan fingerprint density at radius 3 is 1.25 bits per heavy atom. The van der Waals surface area contributed by atoms with E-state index in [1.165, 1.54) is 24.3 Å². The van der Waals surface area contributed by atoms with Gasteiger partial charge in [-0.1, -0.05) is 99.5 Å². The minimum atomic E-state index is -4.69. The molecule has 0 fully saturated rings. The van der Waals surface area contributed by atoms with E-state index >= 15 is 0 Å². The van der Waals surface area contributed by atoms with Crippen LogP contribution < -0.4 is 20.9 Å². The fourth-order valence-corrected chi connectivity index (χ4v) is 7.73. The molecule has 7 rings (SSSR count). The molecule has 0 heterocycles. The molecule has 6 aromatic rings. The zero-order valence-electron chi connectivity index (χ0n) is 30.1. The predicted molar refractivity (Wildman–Crippen MR) is 204 cm³/mol. The largest absolute Gasteiger partial charge is 0.456 e. The van der Waals surface area contributed by atoms with Crippen LogP contribution in [0.3, 0.4) is 0 Å². The summed E-state index contributed by atoms with van der Waals surface area (Å²) in [4.78, 5) is 0. The standard InChI is InChI=1S/C45H38F6N2O2/c1-3-9-27-23-29(15-19-39(27)54-41-21-17-31(52)25-37(41)44(46,47)48)43(35-13-7-5-11-33(35)34-12-6-8-14-36(34)43)30-16-20-40(28(24-30)10-4-2)55-42-22-18-32(53)26-38(42)45(49,50)51/h5-8,11-26H,3-4,9-10,52-53H2,1-2H3. The molecule has 0 saturated carbocycles. The van der Waals surface area contributed by atoms with Crippen molar-refractivity contribution in [1.82, 2.24) is 0 Å². The highest BCUT2D eigenvalue weighted by atomic mass is 19.4. The van der Waals surface area contributed by atoms with Crippen LogP contribution in [0.15, 0.2) is 121 Å². The van der Waals surface area contributed by atoms with Crippen LogP contribution in [0.1, 0.15) is 71.2 Å². The topological polar surface area (TPSA) is 70.5 Å². The van der Waals surface area contributed by atoms with Gasteiger partial charge in [-0.25, -0.2) is 0 Å².